The Morgan fingerprint density at radius 3 is 2.20 bits per heavy atom. The highest BCUT2D eigenvalue weighted by Crippen LogP contribution is 2.25. The fourth-order valence-electron chi connectivity index (χ4n) is 1.74. The third-order valence-electron chi connectivity index (χ3n) is 2.46. The van der Waals surface area contributed by atoms with Gasteiger partial charge in [0.1, 0.15) is 0 Å². The smallest absolute Gasteiger partial charge is 0.0708 e. The summed E-state index contributed by atoms with van der Waals surface area (Å²) in [5.74, 6) is 0. The van der Waals surface area contributed by atoms with Crippen LogP contribution >= 0.6 is 11.6 Å². The molecule has 2 heteroatoms. The minimum atomic E-state index is 0.671. The molecule has 2 aromatic rings. The largest absolute Gasteiger partial charge is 0.255 e. The lowest BCUT2D eigenvalue weighted by Gasteiger charge is -2.08. The number of halogens is 1. The van der Waals surface area contributed by atoms with Gasteiger partial charge in [-0.2, -0.15) is 0 Å². The predicted octanol–water partition coefficient (Wildman–Crippen LogP) is 4.02. The molecular formula is C13H12ClN. The summed E-state index contributed by atoms with van der Waals surface area (Å²) in [6, 6.07) is 10.1. The average Bonchev–Trinajstić information content (AvgIpc) is 2.20. The van der Waals surface area contributed by atoms with Gasteiger partial charge in [0.15, 0.2) is 0 Å². The second-order valence-electron chi connectivity index (χ2n) is 3.63. The number of benzene rings is 1. The van der Waals surface area contributed by atoms with Gasteiger partial charge in [0.25, 0.3) is 0 Å². The highest BCUT2D eigenvalue weighted by molar-refractivity contribution is 6.30. The summed E-state index contributed by atoms with van der Waals surface area (Å²) in [5.41, 5.74) is 4.67. The first-order valence-electron chi connectivity index (χ1n) is 4.86. The van der Waals surface area contributed by atoms with Gasteiger partial charge in [-0.05, 0) is 37.1 Å². The number of hydrogen-bond acceptors (Lipinski definition) is 1. The van der Waals surface area contributed by atoms with Gasteiger partial charge in [-0.3, -0.25) is 4.98 Å². The minimum Gasteiger partial charge on any atom is -0.255 e. The van der Waals surface area contributed by atoms with Crippen LogP contribution in [0.5, 0.6) is 0 Å². The molecular weight excluding hydrogens is 206 g/mol. The van der Waals surface area contributed by atoms with Crippen LogP contribution in [0.4, 0.5) is 0 Å². The molecule has 0 radical (unpaired) electrons. The molecule has 1 aromatic heterocycles. The van der Waals surface area contributed by atoms with Crippen molar-refractivity contribution in [1.82, 2.24) is 4.98 Å². The minimum absolute atomic E-state index is 0.671. The zero-order chi connectivity index (χ0) is 10.8. The van der Waals surface area contributed by atoms with Crippen LogP contribution in [0.15, 0.2) is 36.5 Å². The number of hydrogen-bond donors (Lipinski definition) is 0. The predicted molar refractivity (Wildman–Crippen MR) is 64.2 cm³/mol. The fourth-order valence-corrected chi connectivity index (χ4v) is 1.85. The quantitative estimate of drug-likeness (QED) is 0.703. The van der Waals surface area contributed by atoms with E-state index in [1.165, 1.54) is 16.7 Å². The van der Waals surface area contributed by atoms with Crippen molar-refractivity contribution in [3.8, 4) is 11.3 Å². The van der Waals surface area contributed by atoms with Crippen molar-refractivity contribution in [3.63, 3.8) is 0 Å². The molecule has 1 nitrogen and oxygen atoms in total. The molecule has 1 heterocycles. The van der Waals surface area contributed by atoms with Gasteiger partial charge in [-0.1, -0.05) is 29.8 Å². The highest BCUT2D eigenvalue weighted by Gasteiger charge is 2.05. The lowest BCUT2D eigenvalue weighted by Crippen LogP contribution is -1.89. The summed E-state index contributed by atoms with van der Waals surface area (Å²) in [6.07, 6.45) is 1.68. The normalized spacial score (nSPS) is 10.3. The van der Waals surface area contributed by atoms with Gasteiger partial charge in [-0.15, -0.1) is 0 Å². The molecule has 0 aliphatic rings. The maximum absolute atomic E-state index is 5.82. The molecule has 15 heavy (non-hydrogen) atoms. The Morgan fingerprint density at radius 2 is 1.67 bits per heavy atom. The molecule has 0 amide bonds. The van der Waals surface area contributed by atoms with E-state index in [1.807, 2.05) is 12.1 Å². The maximum atomic E-state index is 5.82. The molecule has 0 atom stereocenters. The van der Waals surface area contributed by atoms with Crippen LogP contribution in [0.3, 0.4) is 0 Å². The summed E-state index contributed by atoms with van der Waals surface area (Å²) < 4.78 is 0. The Hall–Kier alpha value is -1.34. The van der Waals surface area contributed by atoms with Gasteiger partial charge in [0.2, 0.25) is 0 Å². The first-order chi connectivity index (χ1) is 7.18. The zero-order valence-electron chi connectivity index (χ0n) is 8.79. The Balaban J connectivity index is 2.58. The van der Waals surface area contributed by atoms with Crippen molar-refractivity contribution in [2.24, 2.45) is 0 Å². The van der Waals surface area contributed by atoms with Crippen LogP contribution < -0.4 is 0 Å². The molecule has 2 rings (SSSR count). The van der Waals surface area contributed by atoms with E-state index in [4.69, 9.17) is 11.6 Å². The third kappa shape index (κ3) is 2.02. The Kier molecular flexibility index (Phi) is 2.74. The van der Waals surface area contributed by atoms with Crippen LogP contribution in [0.25, 0.3) is 11.3 Å². The molecule has 0 aliphatic heterocycles. The van der Waals surface area contributed by atoms with Crippen LogP contribution in [0.2, 0.25) is 5.02 Å². The number of aromatic nitrogens is 1. The van der Waals surface area contributed by atoms with E-state index in [0.717, 1.165) is 5.69 Å². The summed E-state index contributed by atoms with van der Waals surface area (Å²) in [6.45, 7) is 4.19. The van der Waals surface area contributed by atoms with Crippen LogP contribution in [-0.4, -0.2) is 4.98 Å². The third-order valence-corrected chi connectivity index (χ3v) is 2.69. The SMILES string of the molecule is Cc1cccc(C)c1-c1ccc(Cl)cn1. The topological polar surface area (TPSA) is 12.9 Å². The highest BCUT2D eigenvalue weighted by atomic mass is 35.5. The number of pyridine rings is 1. The van der Waals surface area contributed by atoms with E-state index in [1.54, 1.807) is 6.20 Å². The Labute approximate surface area is 94.7 Å². The van der Waals surface area contributed by atoms with E-state index in [0.29, 0.717) is 5.02 Å². The fraction of sp³-hybridized carbons (Fsp3) is 0.154. The van der Waals surface area contributed by atoms with Gasteiger partial charge >= 0.3 is 0 Å². The number of rotatable bonds is 1. The van der Waals surface area contributed by atoms with Crippen molar-refractivity contribution in [2.45, 2.75) is 13.8 Å². The summed E-state index contributed by atoms with van der Waals surface area (Å²) in [7, 11) is 0. The summed E-state index contributed by atoms with van der Waals surface area (Å²) >= 11 is 5.82. The second-order valence-corrected chi connectivity index (χ2v) is 4.06. The van der Waals surface area contributed by atoms with E-state index >= 15 is 0 Å². The molecule has 0 bridgehead atoms. The lowest BCUT2D eigenvalue weighted by atomic mass is 10.00. The van der Waals surface area contributed by atoms with Gasteiger partial charge in [-0.25, -0.2) is 0 Å². The average molecular weight is 218 g/mol. The van der Waals surface area contributed by atoms with Crippen LogP contribution in [-0.2, 0) is 0 Å². The molecule has 0 fully saturated rings. The molecule has 0 aliphatic carbocycles. The number of aryl methyl sites for hydroxylation is 2. The maximum Gasteiger partial charge on any atom is 0.0708 e. The molecule has 0 spiro atoms. The van der Waals surface area contributed by atoms with Crippen LogP contribution in [0, 0.1) is 13.8 Å². The monoisotopic (exact) mass is 217 g/mol. The van der Waals surface area contributed by atoms with Gasteiger partial charge < -0.3 is 0 Å². The van der Waals surface area contributed by atoms with Gasteiger partial charge in [0, 0.05) is 11.8 Å². The molecule has 76 valence electrons. The molecule has 0 saturated carbocycles. The zero-order valence-corrected chi connectivity index (χ0v) is 9.55. The van der Waals surface area contributed by atoms with Crippen molar-refractivity contribution in [2.75, 3.05) is 0 Å². The van der Waals surface area contributed by atoms with E-state index in [2.05, 4.69) is 37.0 Å². The first kappa shape index (κ1) is 10.2. The van der Waals surface area contributed by atoms with Crippen molar-refractivity contribution in [1.29, 1.82) is 0 Å². The Morgan fingerprint density at radius 1 is 1.00 bits per heavy atom. The van der Waals surface area contributed by atoms with E-state index in [-0.39, 0.29) is 0 Å². The molecule has 0 saturated heterocycles. The van der Waals surface area contributed by atoms with Gasteiger partial charge in [0.05, 0.1) is 10.7 Å². The molecule has 0 unspecified atom stereocenters. The molecule has 1 aromatic carbocycles. The Bertz CT molecular complexity index is 454. The van der Waals surface area contributed by atoms with E-state index in [9.17, 15) is 0 Å². The van der Waals surface area contributed by atoms with E-state index < -0.39 is 0 Å². The second kappa shape index (κ2) is 4.03. The van der Waals surface area contributed by atoms with Crippen molar-refractivity contribution >= 4 is 11.6 Å². The van der Waals surface area contributed by atoms with Crippen molar-refractivity contribution < 1.29 is 0 Å². The standard InChI is InChI=1S/C13H12ClN/c1-9-4-3-5-10(2)13(9)12-7-6-11(14)8-15-12/h3-8H,1-2H3. The summed E-state index contributed by atoms with van der Waals surface area (Å²) in [5, 5.41) is 0.671. The number of nitrogens with zero attached hydrogens (tertiary/aromatic N) is 1. The first-order valence-corrected chi connectivity index (χ1v) is 5.24. The lowest BCUT2D eigenvalue weighted by molar-refractivity contribution is 1.28. The summed E-state index contributed by atoms with van der Waals surface area (Å²) in [4.78, 5) is 4.34. The van der Waals surface area contributed by atoms with Crippen molar-refractivity contribution in [3.05, 3.63) is 52.7 Å². The molecule has 0 N–H and O–H groups in total. The van der Waals surface area contributed by atoms with Crippen LogP contribution in [0.1, 0.15) is 11.1 Å².